The lowest BCUT2D eigenvalue weighted by molar-refractivity contribution is -0.137. The fraction of sp³-hybridized carbons (Fsp3) is 0.280. The van der Waals surface area contributed by atoms with Gasteiger partial charge in [0.15, 0.2) is 0 Å². The molecule has 3 aromatic rings. The standard InChI is InChI=1S/C25H16F10O4S/c26-18(27)6-1-11-9-12(25(33,34)35)2-4-14(11)15-7-8-38-17-10-13(3-5-16(15)17)40(36,37)39-24-22(31)20(29)19(28)21(30)23(24)32/h2-5,9-10,15,18H,1,6-8H2. The Balaban J connectivity index is 1.72. The van der Waals surface area contributed by atoms with E-state index >= 15 is 0 Å². The molecule has 0 fully saturated rings. The van der Waals surface area contributed by atoms with Crippen LogP contribution in [0.5, 0.6) is 11.5 Å². The zero-order valence-electron chi connectivity index (χ0n) is 19.8. The van der Waals surface area contributed by atoms with Gasteiger partial charge in [0.1, 0.15) is 10.6 Å². The molecule has 0 aliphatic carbocycles. The maximum Gasteiger partial charge on any atom is 0.416 e. The monoisotopic (exact) mass is 602 g/mol. The molecule has 15 heteroatoms. The molecule has 216 valence electrons. The molecule has 0 bridgehead atoms. The lowest BCUT2D eigenvalue weighted by Crippen LogP contribution is -2.19. The fourth-order valence-electron chi connectivity index (χ4n) is 4.27. The van der Waals surface area contributed by atoms with E-state index in [4.69, 9.17) is 4.74 Å². The van der Waals surface area contributed by atoms with Gasteiger partial charge in [0.2, 0.25) is 41.3 Å². The predicted octanol–water partition coefficient (Wildman–Crippen LogP) is 7.28. The maximum atomic E-state index is 14.0. The third kappa shape index (κ3) is 5.69. The van der Waals surface area contributed by atoms with Crippen LogP contribution >= 0.6 is 0 Å². The number of fused-ring (bicyclic) bond motifs is 1. The summed E-state index contributed by atoms with van der Waals surface area (Å²) < 4.78 is 169. The Hall–Kier alpha value is -3.49. The number of halogens is 10. The van der Waals surface area contributed by atoms with E-state index in [1.54, 1.807) is 0 Å². The number of ether oxygens (including phenoxy) is 1. The molecule has 0 spiro atoms. The summed E-state index contributed by atoms with van der Waals surface area (Å²) in [5.74, 6) is -15.3. The molecule has 40 heavy (non-hydrogen) atoms. The van der Waals surface area contributed by atoms with Crippen LogP contribution in [0.3, 0.4) is 0 Å². The highest BCUT2D eigenvalue weighted by atomic mass is 32.2. The zero-order valence-corrected chi connectivity index (χ0v) is 20.6. The van der Waals surface area contributed by atoms with Gasteiger partial charge in [-0.15, -0.1) is 0 Å². The van der Waals surface area contributed by atoms with Crippen molar-refractivity contribution in [2.45, 2.75) is 42.7 Å². The van der Waals surface area contributed by atoms with Crippen LogP contribution < -0.4 is 8.92 Å². The van der Waals surface area contributed by atoms with Gasteiger partial charge in [-0.1, -0.05) is 12.1 Å². The van der Waals surface area contributed by atoms with Crippen LogP contribution in [0, 0.1) is 29.1 Å². The van der Waals surface area contributed by atoms with Crippen LogP contribution in [0.1, 0.15) is 41.0 Å². The number of alkyl halides is 5. The molecule has 1 aliphatic heterocycles. The van der Waals surface area contributed by atoms with Crippen molar-refractivity contribution >= 4 is 10.1 Å². The molecule has 1 heterocycles. The molecule has 0 N–H and O–H groups in total. The summed E-state index contributed by atoms with van der Waals surface area (Å²) in [6.45, 7) is -0.0883. The smallest absolute Gasteiger partial charge is 0.416 e. The molecule has 4 rings (SSSR count). The highest BCUT2D eigenvalue weighted by Crippen LogP contribution is 2.42. The van der Waals surface area contributed by atoms with E-state index in [1.165, 1.54) is 0 Å². The Bertz CT molecular complexity index is 1530. The third-order valence-electron chi connectivity index (χ3n) is 6.15. The van der Waals surface area contributed by atoms with E-state index < -0.39 is 80.4 Å². The Morgan fingerprint density at radius 3 is 2.08 bits per heavy atom. The third-order valence-corrected chi connectivity index (χ3v) is 7.37. The lowest BCUT2D eigenvalue weighted by atomic mass is 9.82. The molecule has 1 unspecified atom stereocenters. The molecule has 0 amide bonds. The van der Waals surface area contributed by atoms with Crippen molar-refractivity contribution in [3.63, 3.8) is 0 Å². The van der Waals surface area contributed by atoms with Gasteiger partial charge in [0.25, 0.3) is 0 Å². The summed E-state index contributed by atoms with van der Waals surface area (Å²) >= 11 is 0. The number of aryl methyl sites for hydroxylation is 1. The van der Waals surface area contributed by atoms with E-state index in [1.807, 2.05) is 0 Å². The average Bonchev–Trinajstić information content (AvgIpc) is 2.90. The first-order chi connectivity index (χ1) is 18.6. The quantitative estimate of drug-likeness (QED) is 0.124. The van der Waals surface area contributed by atoms with Gasteiger partial charge in [-0.2, -0.15) is 30.4 Å². The average molecular weight is 602 g/mol. The van der Waals surface area contributed by atoms with Gasteiger partial charge >= 0.3 is 16.3 Å². The van der Waals surface area contributed by atoms with Crippen LogP contribution in [0.15, 0.2) is 41.3 Å². The Morgan fingerprint density at radius 2 is 1.48 bits per heavy atom. The molecular formula is C25H16F10O4S. The highest BCUT2D eigenvalue weighted by molar-refractivity contribution is 7.87. The first-order valence-corrected chi connectivity index (χ1v) is 12.7. The van der Waals surface area contributed by atoms with E-state index in [-0.39, 0.29) is 41.9 Å². The second-order valence-electron chi connectivity index (χ2n) is 8.67. The van der Waals surface area contributed by atoms with E-state index in [2.05, 4.69) is 4.18 Å². The van der Waals surface area contributed by atoms with E-state index in [0.29, 0.717) is 0 Å². The van der Waals surface area contributed by atoms with Gasteiger partial charge < -0.3 is 8.92 Å². The van der Waals surface area contributed by atoms with Crippen molar-refractivity contribution in [1.82, 2.24) is 0 Å². The first kappa shape index (κ1) is 29.5. The number of hydrogen-bond donors (Lipinski definition) is 0. The number of benzene rings is 3. The van der Waals surface area contributed by atoms with Crippen LogP contribution in [-0.2, 0) is 22.7 Å². The topological polar surface area (TPSA) is 52.6 Å². The van der Waals surface area contributed by atoms with Crippen LogP contribution in [-0.4, -0.2) is 21.5 Å². The van der Waals surface area contributed by atoms with Crippen LogP contribution in [0.25, 0.3) is 0 Å². The predicted molar refractivity (Wildman–Crippen MR) is 118 cm³/mol. The van der Waals surface area contributed by atoms with Gasteiger partial charge in [0, 0.05) is 24.0 Å². The minimum atomic E-state index is -5.19. The second kappa shape index (κ2) is 10.8. The molecule has 4 nitrogen and oxygen atoms in total. The van der Waals surface area contributed by atoms with Crippen LogP contribution in [0.2, 0.25) is 0 Å². The summed E-state index contributed by atoms with van der Waals surface area (Å²) in [5.41, 5.74) is -0.523. The van der Waals surface area contributed by atoms with Crippen molar-refractivity contribution in [1.29, 1.82) is 0 Å². The summed E-state index contributed by atoms with van der Waals surface area (Å²) in [4.78, 5) is -0.804. The van der Waals surface area contributed by atoms with Gasteiger partial charge in [-0.05, 0) is 42.2 Å². The number of hydrogen-bond acceptors (Lipinski definition) is 4. The normalized spacial score (nSPS) is 15.6. The summed E-state index contributed by atoms with van der Waals surface area (Å²) in [5, 5.41) is 0. The van der Waals surface area contributed by atoms with E-state index in [9.17, 15) is 52.3 Å². The van der Waals surface area contributed by atoms with Gasteiger partial charge in [-0.3, -0.25) is 0 Å². The number of rotatable bonds is 7. The summed E-state index contributed by atoms with van der Waals surface area (Å²) in [6, 6.07) is 5.55. The molecule has 0 aromatic heterocycles. The summed E-state index contributed by atoms with van der Waals surface area (Å²) in [7, 11) is -5.19. The highest BCUT2D eigenvalue weighted by Gasteiger charge is 2.34. The van der Waals surface area contributed by atoms with Crippen molar-refractivity contribution < 1.29 is 61.2 Å². The van der Waals surface area contributed by atoms with Gasteiger partial charge in [-0.25, -0.2) is 22.0 Å². The molecule has 0 saturated heterocycles. The molecule has 0 radical (unpaired) electrons. The molecule has 0 saturated carbocycles. The first-order valence-electron chi connectivity index (χ1n) is 11.3. The minimum absolute atomic E-state index is 0.000630. The van der Waals surface area contributed by atoms with Crippen molar-refractivity contribution in [2.75, 3.05) is 6.61 Å². The molecule has 1 aliphatic rings. The molecule has 3 aromatic carbocycles. The van der Waals surface area contributed by atoms with Crippen molar-refractivity contribution in [2.24, 2.45) is 0 Å². The SMILES string of the molecule is O=S(=O)(Oc1c(F)c(F)c(F)c(F)c1F)c1ccc2c(c1)OCCC2c1ccc(C(F)(F)F)cc1CCC(F)F. The van der Waals surface area contributed by atoms with Crippen LogP contribution in [0.4, 0.5) is 43.9 Å². The lowest BCUT2D eigenvalue weighted by Gasteiger charge is -2.29. The zero-order chi connectivity index (χ0) is 29.6. The second-order valence-corrected chi connectivity index (χ2v) is 10.2. The van der Waals surface area contributed by atoms with Crippen molar-refractivity contribution in [3.8, 4) is 11.5 Å². The summed E-state index contributed by atoms with van der Waals surface area (Å²) in [6.07, 6.45) is -8.44. The Kier molecular flexibility index (Phi) is 7.98. The van der Waals surface area contributed by atoms with E-state index in [0.717, 1.165) is 36.4 Å². The Morgan fingerprint density at radius 1 is 0.875 bits per heavy atom. The largest absolute Gasteiger partial charge is 0.493 e. The minimum Gasteiger partial charge on any atom is -0.493 e. The molecule has 1 atom stereocenters. The molecular weight excluding hydrogens is 586 g/mol. The van der Waals surface area contributed by atoms with Crippen molar-refractivity contribution in [3.05, 3.63) is 87.7 Å². The maximum absolute atomic E-state index is 14.0. The Labute approximate surface area is 220 Å². The van der Waals surface area contributed by atoms with Gasteiger partial charge in [0.05, 0.1) is 12.2 Å². The fourth-order valence-corrected chi connectivity index (χ4v) is 5.22.